The maximum absolute atomic E-state index is 11.9. The van der Waals surface area contributed by atoms with Crippen LogP contribution in [0, 0.1) is 0 Å². The molecule has 0 fully saturated rings. The number of aliphatic hydroxyl groups excluding tert-OH is 2. The van der Waals surface area contributed by atoms with Crippen LogP contribution in [0.4, 0.5) is 4.79 Å². The van der Waals surface area contributed by atoms with E-state index in [-0.39, 0.29) is 25.7 Å². The average molecular weight is 555 g/mol. The van der Waals surface area contributed by atoms with Crippen LogP contribution in [0.5, 0.6) is 0 Å². The number of rotatable bonds is 23. The van der Waals surface area contributed by atoms with Gasteiger partial charge in [-0.3, -0.25) is 4.79 Å². The van der Waals surface area contributed by atoms with Crippen LogP contribution < -0.4 is 10.6 Å². The Bertz CT molecular complexity index is 705. The van der Waals surface area contributed by atoms with Crippen LogP contribution in [0.25, 0.3) is 0 Å². The van der Waals surface area contributed by atoms with Crippen molar-refractivity contribution in [2.45, 2.75) is 64.3 Å². The Hall–Kier alpha value is -1.94. The standard InChI is InChI=1S/C28H46N2O5S2/c1-2-3-4-5-6-7-8-9-10-11-12-13-14-15-16-17-18-19-27(33)29-20-22-36-37-23-21-35-28(34)30-26(24-31)25-32/h3-4,6-7,9-10,12-13,15-16,26,31-32H,2,5,8,11,14,17-25H2,1H3,(H,29,33)(H,30,34)/b4-3-,7-6-,10-9-,13-12-,16-15-. The molecule has 0 aliphatic carbocycles. The highest BCUT2D eigenvalue weighted by molar-refractivity contribution is 8.76. The highest BCUT2D eigenvalue weighted by Crippen LogP contribution is 2.19. The topological polar surface area (TPSA) is 108 Å². The van der Waals surface area contributed by atoms with Gasteiger partial charge in [0.2, 0.25) is 5.91 Å². The number of hydrogen-bond donors (Lipinski definition) is 4. The quantitative estimate of drug-likeness (QED) is 0.0752. The second-order valence-corrected chi connectivity index (χ2v) is 10.6. The first kappa shape index (κ1) is 35.1. The number of unbranched alkanes of at least 4 members (excludes halogenated alkanes) is 1. The van der Waals surface area contributed by atoms with Gasteiger partial charge in [0.1, 0.15) is 6.61 Å². The molecule has 0 spiro atoms. The molecular formula is C28H46N2O5S2. The molecule has 0 heterocycles. The maximum atomic E-state index is 11.9. The molecular weight excluding hydrogens is 508 g/mol. The molecule has 0 atom stereocenters. The fraction of sp³-hybridized carbons (Fsp3) is 0.571. The van der Waals surface area contributed by atoms with Crippen LogP contribution in [0.2, 0.25) is 0 Å². The van der Waals surface area contributed by atoms with E-state index in [1.54, 1.807) is 21.6 Å². The predicted octanol–water partition coefficient (Wildman–Crippen LogP) is 5.49. The Morgan fingerprint density at radius 1 is 0.811 bits per heavy atom. The molecule has 9 heteroatoms. The second-order valence-electron chi connectivity index (χ2n) is 7.94. The van der Waals surface area contributed by atoms with Gasteiger partial charge in [-0.15, -0.1) is 0 Å². The Kier molecular flexibility index (Phi) is 27.1. The van der Waals surface area contributed by atoms with E-state index < -0.39 is 12.1 Å². The number of nitrogens with one attached hydrogen (secondary N) is 2. The smallest absolute Gasteiger partial charge is 0.407 e. The van der Waals surface area contributed by atoms with Crippen LogP contribution in [0.3, 0.4) is 0 Å². The molecule has 0 radical (unpaired) electrons. The first-order valence-corrected chi connectivity index (χ1v) is 15.5. The van der Waals surface area contributed by atoms with Crippen LogP contribution in [-0.4, -0.2) is 66.1 Å². The third-order valence-electron chi connectivity index (χ3n) is 4.69. The Balaban J connectivity index is 3.51. The van der Waals surface area contributed by atoms with Crippen molar-refractivity contribution in [3.63, 3.8) is 0 Å². The highest BCUT2D eigenvalue weighted by atomic mass is 33.1. The molecule has 210 valence electrons. The van der Waals surface area contributed by atoms with Crippen molar-refractivity contribution in [2.75, 3.05) is 37.9 Å². The van der Waals surface area contributed by atoms with E-state index >= 15 is 0 Å². The van der Waals surface area contributed by atoms with Gasteiger partial charge in [0.15, 0.2) is 0 Å². The summed E-state index contributed by atoms with van der Waals surface area (Å²) in [6.07, 6.45) is 28.3. The first-order chi connectivity index (χ1) is 18.1. The number of amides is 2. The molecule has 0 aliphatic heterocycles. The monoisotopic (exact) mass is 554 g/mol. The van der Waals surface area contributed by atoms with Crippen molar-refractivity contribution >= 4 is 33.6 Å². The molecule has 0 rings (SSSR count). The summed E-state index contributed by atoms with van der Waals surface area (Å²) in [5.74, 6) is 1.46. The number of hydrogen-bond acceptors (Lipinski definition) is 7. The minimum absolute atomic E-state index is 0.0697. The summed E-state index contributed by atoms with van der Waals surface area (Å²) in [6.45, 7) is 2.30. The van der Waals surface area contributed by atoms with Crippen molar-refractivity contribution in [1.82, 2.24) is 10.6 Å². The number of ether oxygens (including phenoxy) is 1. The van der Waals surface area contributed by atoms with Crippen LogP contribution >= 0.6 is 21.6 Å². The maximum Gasteiger partial charge on any atom is 0.407 e. The van der Waals surface area contributed by atoms with Gasteiger partial charge in [-0.1, -0.05) is 89.3 Å². The Morgan fingerprint density at radius 3 is 1.92 bits per heavy atom. The molecule has 4 N–H and O–H groups in total. The number of aliphatic hydroxyl groups is 2. The molecule has 0 aromatic rings. The molecule has 2 amide bonds. The van der Waals surface area contributed by atoms with Crippen molar-refractivity contribution in [2.24, 2.45) is 0 Å². The summed E-state index contributed by atoms with van der Waals surface area (Å²) in [5.41, 5.74) is 0. The van der Waals surface area contributed by atoms with Gasteiger partial charge in [-0.25, -0.2) is 4.79 Å². The van der Waals surface area contributed by atoms with Crippen LogP contribution in [0.1, 0.15) is 58.3 Å². The molecule has 0 aromatic heterocycles. The van der Waals surface area contributed by atoms with E-state index in [1.165, 1.54) is 0 Å². The van der Waals surface area contributed by atoms with E-state index in [0.717, 1.165) is 50.7 Å². The third-order valence-corrected chi connectivity index (χ3v) is 7.06. The molecule has 7 nitrogen and oxygen atoms in total. The summed E-state index contributed by atoms with van der Waals surface area (Å²) < 4.78 is 4.95. The number of alkyl carbamates (subject to hydrolysis) is 1. The zero-order chi connectivity index (χ0) is 27.2. The molecule has 0 bridgehead atoms. The predicted molar refractivity (Wildman–Crippen MR) is 159 cm³/mol. The summed E-state index contributed by atoms with van der Waals surface area (Å²) in [5, 5.41) is 23.0. The lowest BCUT2D eigenvalue weighted by Crippen LogP contribution is -2.40. The lowest BCUT2D eigenvalue weighted by molar-refractivity contribution is -0.121. The van der Waals surface area contributed by atoms with Crippen molar-refractivity contribution < 1.29 is 24.5 Å². The zero-order valence-corrected chi connectivity index (χ0v) is 23.8. The van der Waals surface area contributed by atoms with Gasteiger partial charge in [-0.2, -0.15) is 0 Å². The van der Waals surface area contributed by atoms with E-state index in [4.69, 9.17) is 14.9 Å². The highest BCUT2D eigenvalue weighted by Gasteiger charge is 2.10. The lowest BCUT2D eigenvalue weighted by Gasteiger charge is -2.13. The third kappa shape index (κ3) is 26.9. The first-order valence-electron chi connectivity index (χ1n) is 13.0. The normalized spacial score (nSPS) is 12.2. The van der Waals surface area contributed by atoms with E-state index in [1.807, 2.05) is 0 Å². The van der Waals surface area contributed by atoms with Gasteiger partial charge in [-0.05, 0) is 44.9 Å². The second kappa shape index (κ2) is 28.6. The Labute approximate surface area is 231 Å². The van der Waals surface area contributed by atoms with Crippen LogP contribution in [0.15, 0.2) is 60.8 Å². The molecule has 37 heavy (non-hydrogen) atoms. The minimum Gasteiger partial charge on any atom is -0.449 e. The summed E-state index contributed by atoms with van der Waals surface area (Å²) in [7, 11) is 3.16. The van der Waals surface area contributed by atoms with E-state index in [2.05, 4.69) is 78.3 Å². The lowest BCUT2D eigenvalue weighted by atomic mass is 10.2. The molecule has 0 aromatic carbocycles. The summed E-state index contributed by atoms with van der Waals surface area (Å²) in [4.78, 5) is 23.3. The fourth-order valence-corrected chi connectivity index (χ4v) is 4.45. The SMILES string of the molecule is CC/C=C\C/C=C\C/C=C\C/C=C\C/C=C\CCCC(=O)NCCSSCCOC(=O)NC(CO)CO. The number of carbonyl (C=O) groups is 2. The number of carbonyl (C=O) groups excluding carboxylic acids is 2. The number of allylic oxidation sites excluding steroid dienone is 10. The van der Waals surface area contributed by atoms with Gasteiger partial charge >= 0.3 is 6.09 Å². The molecule has 0 unspecified atom stereocenters. The van der Waals surface area contributed by atoms with Gasteiger partial charge in [0, 0.05) is 24.5 Å². The van der Waals surface area contributed by atoms with Gasteiger partial charge < -0.3 is 25.6 Å². The largest absolute Gasteiger partial charge is 0.449 e. The summed E-state index contributed by atoms with van der Waals surface area (Å²) in [6, 6.07) is -0.703. The zero-order valence-electron chi connectivity index (χ0n) is 22.2. The van der Waals surface area contributed by atoms with Crippen molar-refractivity contribution in [3.8, 4) is 0 Å². The van der Waals surface area contributed by atoms with Crippen molar-refractivity contribution in [1.29, 1.82) is 0 Å². The Morgan fingerprint density at radius 2 is 1.35 bits per heavy atom. The average Bonchev–Trinajstić information content (AvgIpc) is 2.90. The molecule has 0 saturated carbocycles. The molecule has 0 aliphatic rings. The van der Waals surface area contributed by atoms with Crippen molar-refractivity contribution in [3.05, 3.63) is 60.8 Å². The molecule has 0 saturated heterocycles. The van der Waals surface area contributed by atoms with E-state index in [9.17, 15) is 9.59 Å². The van der Waals surface area contributed by atoms with Gasteiger partial charge in [0.05, 0.1) is 19.3 Å². The van der Waals surface area contributed by atoms with E-state index in [0.29, 0.717) is 18.7 Å². The van der Waals surface area contributed by atoms with Crippen LogP contribution in [-0.2, 0) is 9.53 Å². The fourth-order valence-electron chi connectivity index (χ4n) is 2.71. The summed E-state index contributed by atoms with van der Waals surface area (Å²) >= 11 is 0. The minimum atomic E-state index is -0.703. The van der Waals surface area contributed by atoms with Gasteiger partial charge in [0.25, 0.3) is 0 Å².